The standard InChI is InChI=1S/C20H30N2O2/c1-3-5-6-7-8-9-10-15-20(23)22-21-17-18-13-11-12-14-19(18)24-16-4-2/h4,11-14,17H,2-3,5-10,15-16H2,1H3,(H,22,23). The van der Waals surface area contributed by atoms with E-state index < -0.39 is 0 Å². The molecule has 1 N–H and O–H groups in total. The molecule has 4 heteroatoms. The molecule has 0 unspecified atom stereocenters. The third kappa shape index (κ3) is 9.13. The van der Waals surface area contributed by atoms with Crippen LogP contribution in [0, 0.1) is 0 Å². The van der Waals surface area contributed by atoms with E-state index in [4.69, 9.17) is 4.74 Å². The second-order valence-corrected chi connectivity index (χ2v) is 5.80. The summed E-state index contributed by atoms with van der Waals surface area (Å²) in [6, 6.07) is 7.56. The second kappa shape index (κ2) is 13.3. The molecular weight excluding hydrogens is 300 g/mol. The fraction of sp³-hybridized carbons (Fsp3) is 0.500. The van der Waals surface area contributed by atoms with Gasteiger partial charge in [0.1, 0.15) is 12.4 Å². The predicted octanol–water partition coefficient (Wildman–Crippen LogP) is 4.84. The molecule has 0 heterocycles. The zero-order valence-corrected chi connectivity index (χ0v) is 14.8. The zero-order valence-electron chi connectivity index (χ0n) is 14.8. The van der Waals surface area contributed by atoms with Crippen LogP contribution in [0.5, 0.6) is 5.75 Å². The highest BCUT2D eigenvalue weighted by Crippen LogP contribution is 2.15. The Hall–Kier alpha value is -2.10. The molecule has 0 spiro atoms. The Bertz CT molecular complexity index is 512. The van der Waals surface area contributed by atoms with Crippen LogP contribution in [0.3, 0.4) is 0 Å². The van der Waals surface area contributed by atoms with Gasteiger partial charge in [-0.3, -0.25) is 4.79 Å². The van der Waals surface area contributed by atoms with Crippen LogP contribution in [0.1, 0.15) is 63.9 Å². The number of rotatable bonds is 13. The van der Waals surface area contributed by atoms with Gasteiger partial charge in [0, 0.05) is 12.0 Å². The van der Waals surface area contributed by atoms with E-state index in [1.165, 1.54) is 32.1 Å². The van der Waals surface area contributed by atoms with Gasteiger partial charge < -0.3 is 4.74 Å². The number of carbonyl (C=O) groups is 1. The summed E-state index contributed by atoms with van der Waals surface area (Å²) < 4.78 is 5.54. The summed E-state index contributed by atoms with van der Waals surface area (Å²) in [6.07, 6.45) is 12.2. The van der Waals surface area contributed by atoms with Crippen LogP contribution in [0.25, 0.3) is 0 Å². The molecule has 1 aromatic rings. The first-order chi connectivity index (χ1) is 11.8. The lowest BCUT2D eigenvalue weighted by molar-refractivity contribution is -0.121. The molecule has 0 bridgehead atoms. The third-order valence-corrected chi connectivity index (χ3v) is 3.68. The first-order valence-corrected chi connectivity index (χ1v) is 8.92. The van der Waals surface area contributed by atoms with E-state index in [0.717, 1.165) is 24.2 Å². The summed E-state index contributed by atoms with van der Waals surface area (Å²) in [5.74, 6) is 0.687. The predicted molar refractivity (Wildman–Crippen MR) is 100 cm³/mol. The maximum atomic E-state index is 11.8. The first kappa shape index (κ1) is 19.9. The van der Waals surface area contributed by atoms with Crippen molar-refractivity contribution in [3.8, 4) is 5.75 Å². The fourth-order valence-corrected chi connectivity index (χ4v) is 2.34. The van der Waals surface area contributed by atoms with Gasteiger partial charge in [-0.15, -0.1) is 0 Å². The molecule has 0 atom stereocenters. The molecule has 132 valence electrons. The highest BCUT2D eigenvalue weighted by Gasteiger charge is 2.01. The number of ether oxygens (including phenoxy) is 1. The van der Waals surface area contributed by atoms with Gasteiger partial charge in [0.2, 0.25) is 5.91 Å². The molecular formula is C20H30N2O2. The fourth-order valence-electron chi connectivity index (χ4n) is 2.34. The minimum Gasteiger partial charge on any atom is -0.489 e. The molecule has 1 aromatic carbocycles. The van der Waals surface area contributed by atoms with E-state index in [1.54, 1.807) is 12.3 Å². The molecule has 0 aliphatic carbocycles. The number of nitrogens with zero attached hydrogens (tertiary/aromatic N) is 1. The summed E-state index contributed by atoms with van der Waals surface area (Å²) in [7, 11) is 0. The van der Waals surface area contributed by atoms with E-state index >= 15 is 0 Å². The smallest absolute Gasteiger partial charge is 0.240 e. The van der Waals surface area contributed by atoms with Gasteiger partial charge in [0.15, 0.2) is 0 Å². The van der Waals surface area contributed by atoms with Gasteiger partial charge in [-0.25, -0.2) is 5.43 Å². The van der Waals surface area contributed by atoms with Gasteiger partial charge in [-0.2, -0.15) is 5.10 Å². The Labute approximate surface area is 146 Å². The number of amides is 1. The number of hydrazone groups is 1. The summed E-state index contributed by atoms with van der Waals surface area (Å²) in [5.41, 5.74) is 3.41. The van der Waals surface area contributed by atoms with E-state index in [-0.39, 0.29) is 5.91 Å². The Morgan fingerprint density at radius 2 is 1.88 bits per heavy atom. The topological polar surface area (TPSA) is 50.7 Å². The van der Waals surface area contributed by atoms with Crippen molar-refractivity contribution in [2.75, 3.05) is 6.61 Å². The molecule has 1 amide bonds. The first-order valence-electron chi connectivity index (χ1n) is 8.92. The van der Waals surface area contributed by atoms with E-state index in [0.29, 0.717) is 13.0 Å². The van der Waals surface area contributed by atoms with Crippen LogP contribution in [-0.4, -0.2) is 18.7 Å². The minimum absolute atomic E-state index is 0.0377. The van der Waals surface area contributed by atoms with Crippen molar-refractivity contribution < 1.29 is 9.53 Å². The van der Waals surface area contributed by atoms with E-state index in [1.807, 2.05) is 24.3 Å². The molecule has 0 aliphatic heterocycles. The number of para-hydroxylation sites is 1. The van der Waals surface area contributed by atoms with E-state index in [9.17, 15) is 4.79 Å². The average molecular weight is 330 g/mol. The van der Waals surface area contributed by atoms with Crippen molar-refractivity contribution in [3.05, 3.63) is 42.5 Å². The Morgan fingerprint density at radius 3 is 2.62 bits per heavy atom. The molecule has 0 aromatic heterocycles. The summed E-state index contributed by atoms with van der Waals surface area (Å²) >= 11 is 0. The van der Waals surface area contributed by atoms with Crippen molar-refractivity contribution in [3.63, 3.8) is 0 Å². The van der Waals surface area contributed by atoms with Crippen LogP contribution >= 0.6 is 0 Å². The maximum absolute atomic E-state index is 11.8. The van der Waals surface area contributed by atoms with Crippen LogP contribution in [0.4, 0.5) is 0 Å². The number of unbranched alkanes of at least 4 members (excludes halogenated alkanes) is 6. The molecule has 0 saturated carbocycles. The lowest BCUT2D eigenvalue weighted by Crippen LogP contribution is -2.17. The van der Waals surface area contributed by atoms with Crippen molar-refractivity contribution >= 4 is 12.1 Å². The summed E-state index contributed by atoms with van der Waals surface area (Å²) in [5, 5.41) is 4.02. The SMILES string of the molecule is C=CCOc1ccccc1C=NNC(=O)CCCCCCCCC. The Balaban J connectivity index is 2.24. The summed E-state index contributed by atoms with van der Waals surface area (Å²) in [4.78, 5) is 11.8. The molecule has 0 aliphatic rings. The van der Waals surface area contributed by atoms with Gasteiger partial charge in [0.05, 0.1) is 6.21 Å². The summed E-state index contributed by atoms with van der Waals surface area (Å²) in [6.45, 7) is 6.29. The molecule has 1 rings (SSSR count). The van der Waals surface area contributed by atoms with Gasteiger partial charge in [-0.1, -0.05) is 70.2 Å². The van der Waals surface area contributed by atoms with Crippen molar-refractivity contribution in [2.24, 2.45) is 5.10 Å². The number of hydrogen-bond acceptors (Lipinski definition) is 3. The van der Waals surface area contributed by atoms with Crippen molar-refractivity contribution in [1.29, 1.82) is 0 Å². The number of benzene rings is 1. The van der Waals surface area contributed by atoms with Crippen molar-refractivity contribution in [2.45, 2.75) is 58.3 Å². The molecule has 0 fully saturated rings. The van der Waals surface area contributed by atoms with Crippen LogP contribution in [-0.2, 0) is 4.79 Å². The number of nitrogens with one attached hydrogen (secondary N) is 1. The average Bonchev–Trinajstić information content (AvgIpc) is 2.60. The minimum atomic E-state index is -0.0377. The van der Waals surface area contributed by atoms with Crippen molar-refractivity contribution in [1.82, 2.24) is 5.43 Å². The Morgan fingerprint density at radius 1 is 1.17 bits per heavy atom. The van der Waals surface area contributed by atoms with Gasteiger partial charge >= 0.3 is 0 Å². The zero-order chi connectivity index (χ0) is 17.5. The number of hydrogen-bond donors (Lipinski definition) is 1. The van der Waals surface area contributed by atoms with E-state index in [2.05, 4.69) is 24.0 Å². The highest BCUT2D eigenvalue weighted by atomic mass is 16.5. The largest absolute Gasteiger partial charge is 0.489 e. The molecule has 0 saturated heterocycles. The molecule has 0 radical (unpaired) electrons. The number of carbonyl (C=O) groups excluding carboxylic acids is 1. The van der Waals surface area contributed by atoms with Gasteiger partial charge in [-0.05, 0) is 18.6 Å². The maximum Gasteiger partial charge on any atom is 0.240 e. The van der Waals surface area contributed by atoms with Gasteiger partial charge in [0.25, 0.3) is 0 Å². The second-order valence-electron chi connectivity index (χ2n) is 5.80. The van der Waals surface area contributed by atoms with Crippen LogP contribution in [0.2, 0.25) is 0 Å². The Kier molecular flexibility index (Phi) is 11.1. The monoisotopic (exact) mass is 330 g/mol. The van der Waals surface area contributed by atoms with Crippen LogP contribution < -0.4 is 10.2 Å². The quantitative estimate of drug-likeness (QED) is 0.243. The normalized spacial score (nSPS) is 10.7. The molecule has 24 heavy (non-hydrogen) atoms. The highest BCUT2D eigenvalue weighted by molar-refractivity contribution is 5.85. The van der Waals surface area contributed by atoms with Crippen LogP contribution in [0.15, 0.2) is 42.0 Å². The molecule has 4 nitrogen and oxygen atoms in total. The lowest BCUT2D eigenvalue weighted by atomic mass is 10.1. The lowest BCUT2D eigenvalue weighted by Gasteiger charge is -2.06. The third-order valence-electron chi connectivity index (χ3n) is 3.68.